The molecule has 140 valence electrons. The summed E-state index contributed by atoms with van der Waals surface area (Å²) >= 11 is 0. The van der Waals surface area contributed by atoms with E-state index in [-0.39, 0.29) is 24.8 Å². The Bertz CT molecular complexity index is 832. The first-order valence-corrected chi connectivity index (χ1v) is 9.08. The Morgan fingerprint density at radius 1 is 1.30 bits per heavy atom. The zero-order chi connectivity index (χ0) is 19.2. The molecule has 1 aliphatic rings. The number of piperidine rings is 1. The summed E-state index contributed by atoms with van der Waals surface area (Å²) in [7, 11) is 0. The van der Waals surface area contributed by atoms with Crippen LogP contribution in [0.2, 0.25) is 0 Å². The van der Waals surface area contributed by atoms with E-state index in [2.05, 4.69) is 11.1 Å². The van der Waals surface area contributed by atoms with Gasteiger partial charge in [0.25, 0.3) is 0 Å². The molecule has 2 heterocycles. The lowest BCUT2D eigenvalue weighted by atomic mass is 10.0. The Kier molecular flexibility index (Phi) is 5.92. The quantitative estimate of drug-likeness (QED) is 0.823. The van der Waals surface area contributed by atoms with E-state index in [1.54, 1.807) is 17.2 Å². The van der Waals surface area contributed by atoms with E-state index in [1.807, 2.05) is 44.2 Å². The zero-order valence-electron chi connectivity index (χ0n) is 15.6. The summed E-state index contributed by atoms with van der Waals surface area (Å²) in [5.41, 5.74) is 2.22. The Morgan fingerprint density at radius 3 is 2.81 bits per heavy atom. The average molecular weight is 365 g/mol. The molecule has 0 spiro atoms. The van der Waals surface area contributed by atoms with E-state index in [9.17, 15) is 4.79 Å². The van der Waals surface area contributed by atoms with Crippen molar-refractivity contribution in [3.8, 4) is 11.9 Å². The lowest BCUT2D eigenvalue weighted by Gasteiger charge is -2.37. The number of amides is 1. The van der Waals surface area contributed by atoms with Gasteiger partial charge in [-0.3, -0.25) is 0 Å². The Labute approximate surface area is 159 Å². The highest BCUT2D eigenvalue weighted by Gasteiger charge is 2.31. The summed E-state index contributed by atoms with van der Waals surface area (Å²) in [6, 6.07) is 13.5. The van der Waals surface area contributed by atoms with Gasteiger partial charge in [0.1, 0.15) is 12.7 Å². The summed E-state index contributed by atoms with van der Waals surface area (Å²) in [6.07, 6.45) is 2.70. The fraction of sp³-hybridized carbons (Fsp3) is 0.381. The molecule has 1 fully saturated rings. The molecule has 1 saturated heterocycles. The molecular weight excluding hydrogens is 342 g/mol. The molecular formula is C21H23N3O3. The maximum atomic E-state index is 12.5. The minimum atomic E-state index is -0.338. The van der Waals surface area contributed by atoms with Crippen molar-refractivity contribution in [3.05, 3.63) is 59.3 Å². The molecule has 0 N–H and O–H groups in total. The highest BCUT2D eigenvalue weighted by molar-refractivity contribution is 5.68. The lowest BCUT2D eigenvalue weighted by molar-refractivity contribution is 0.0322. The van der Waals surface area contributed by atoms with Gasteiger partial charge < -0.3 is 14.4 Å². The molecule has 2 atom stereocenters. The lowest BCUT2D eigenvalue weighted by Crippen LogP contribution is -2.49. The molecule has 0 bridgehead atoms. The first kappa shape index (κ1) is 18.7. The molecule has 27 heavy (non-hydrogen) atoms. The number of carbonyl (C=O) groups is 1. The van der Waals surface area contributed by atoms with Gasteiger partial charge in [-0.25, -0.2) is 9.78 Å². The molecule has 1 aliphatic heterocycles. The molecule has 6 nitrogen and oxygen atoms in total. The molecule has 0 aliphatic carbocycles. The van der Waals surface area contributed by atoms with E-state index in [4.69, 9.17) is 14.7 Å². The van der Waals surface area contributed by atoms with Gasteiger partial charge in [-0.1, -0.05) is 30.3 Å². The maximum Gasteiger partial charge on any atom is 0.410 e. The van der Waals surface area contributed by atoms with Crippen molar-refractivity contribution in [1.82, 2.24) is 9.88 Å². The standard InChI is InChI=1S/C21H23N3O3/c1-15-8-9-19(27-20-16(2)18(12-22)10-11-23-20)13-24(15)21(25)26-14-17-6-4-3-5-7-17/h3-7,10-11,15,19H,8-9,13-14H2,1-2H3/t15-,19-/m1/s1. The van der Waals surface area contributed by atoms with Crippen LogP contribution in [0.5, 0.6) is 5.88 Å². The molecule has 0 unspecified atom stereocenters. The SMILES string of the molecule is Cc1c(C#N)ccnc1O[C@@H]1CC[C@@H](C)N(C(=O)OCc2ccccc2)C1. The van der Waals surface area contributed by atoms with Crippen LogP contribution in [0.15, 0.2) is 42.6 Å². The predicted octanol–water partition coefficient (Wildman–Crippen LogP) is 3.83. The smallest absolute Gasteiger partial charge is 0.410 e. The van der Waals surface area contributed by atoms with E-state index >= 15 is 0 Å². The van der Waals surface area contributed by atoms with E-state index in [0.29, 0.717) is 18.0 Å². The molecule has 6 heteroatoms. The minimum absolute atomic E-state index is 0.0904. The van der Waals surface area contributed by atoms with Crippen LogP contribution in [-0.4, -0.2) is 34.7 Å². The second-order valence-electron chi connectivity index (χ2n) is 6.76. The number of pyridine rings is 1. The largest absolute Gasteiger partial charge is 0.472 e. The van der Waals surface area contributed by atoms with Gasteiger partial charge in [0, 0.05) is 17.8 Å². The summed E-state index contributed by atoms with van der Waals surface area (Å²) < 4.78 is 11.5. The predicted molar refractivity (Wildman–Crippen MR) is 100 cm³/mol. The van der Waals surface area contributed by atoms with E-state index in [0.717, 1.165) is 24.0 Å². The van der Waals surface area contributed by atoms with Crippen LogP contribution >= 0.6 is 0 Å². The van der Waals surface area contributed by atoms with Gasteiger partial charge in [0.15, 0.2) is 0 Å². The molecule has 2 aromatic rings. The number of nitriles is 1. The highest BCUT2D eigenvalue weighted by Crippen LogP contribution is 2.25. The normalized spacial score (nSPS) is 19.2. The molecule has 1 aromatic heterocycles. The first-order valence-electron chi connectivity index (χ1n) is 9.08. The fourth-order valence-corrected chi connectivity index (χ4v) is 3.14. The van der Waals surface area contributed by atoms with Crippen molar-refractivity contribution in [2.75, 3.05) is 6.54 Å². The summed E-state index contributed by atoms with van der Waals surface area (Å²) in [6.45, 7) is 4.52. The Hall–Kier alpha value is -3.07. The van der Waals surface area contributed by atoms with Crippen LogP contribution in [0.25, 0.3) is 0 Å². The Balaban J connectivity index is 1.62. The van der Waals surface area contributed by atoms with Crippen molar-refractivity contribution in [3.63, 3.8) is 0 Å². The summed E-state index contributed by atoms with van der Waals surface area (Å²) in [5.74, 6) is 0.450. The average Bonchev–Trinajstić information content (AvgIpc) is 2.70. The number of carbonyl (C=O) groups excluding carboxylic acids is 1. The fourth-order valence-electron chi connectivity index (χ4n) is 3.14. The number of likely N-dealkylation sites (tertiary alicyclic amines) is 1. The topological polar surface area (TPSA) is 75.5 Å². The highest BCUT2D eigenvalue weighted by atomic mass is 16.6. The third-order valence-electron chi connectivity index (χ3n) is 4.83. The van der Waals surface area contributed by atoms with Crippen molar-refractivity contribution < 1.29 is 14.3 Å². The third-order valence-corrected chi connectivity index (χ3v) is 4.83. The van der Waals surface area contributed by atoms with Gasteiger partial charge in [-0.05, 0) is 38.3 Å². The number of rotatable bonds is 4. The van der Waals surface area contributed by atoms with E-state index < -0.39 is 0 Å². The van der Waals surface area contributed by atoms with E-state index in [1.165, 1.54) is 0 Å². The van der Waals surface area contributed by atoms with Crippen LogP contribution < -0.4 is 4.74 Å². The van der Waals surface area contributed by atoms with Gasteiger partial charge >= 0.3 is 6.09 Å². The number of nitrogens with zero attached hydrogens (tertiary/aromatic N) is 3. The monoisotopic (exact) mass is 365 g/mol. The molecule has 0 radical (unpaired) electrons. The summed E-state index contributed by atoms with van der Waals surface area (Å²) in [4.78, 5) is 18.5. The second-order valence-corrected chi connectivity index (χ2v) is 6.76. The first-order chi connectivity index (χ1) is 13.1. The van der Waals surface area contributed by atoms with Crippen molar-refractivity contribution >= 4 is 6.09 Å². The third kappa shape index (κ3) is 4.56. The minimum Gasteiger partial charge on any atom is -0.472 e. The van der Waals surface area contributed by atoms with Crippen LogP contribution in [0, 0.1) is 18.3 Å². The molecule has 3 rings (SSSR count). The van der Waals surface area contributed by atoms with Gasteiger partial charge in [0.2, 0.25) is 5.88 Å². The molecule has 1 aromatic carbocycles. The number of hydrogen-bond acceptors (Lipinski definition) is 5. The Morgan fingerprint density at radius 2 is 2.07 bits per heavy atom. The van der Waals surface area contributed by atoms with Crippen LogP contribution in [0.1, 0.15) is 36.5 Å². The summed E-state index contributed by atoms with van der Waals surface area (Å²) in [5, 5.41) is 9.15. The van der Waals surface area contributed by atoms with Crippen LogP contribution in [0.3, 0.4) is 0 Å². The molecule has 1 amide bonds. The maximum absolute atomic E-state index is 12.5. The van der Waals surface area contributed by atoms with Crippen LogP contribution in [-0.2, 0) is 11.3 Å². The zero-order valence-corrected chi connectivity index (χ0v) is 15.6. The van der Waals surface area contributed by atoms with Gasteiger partial charge in [-0.2, -0.15) is 5.26 Å². The molecule has 0 saturated carbocycles. The number of hydrogen-bond donors (Lipinski definition) is 0. The van der Waals surface area contributed by atoms with Crippen LogP contribution in [0.4, 0.5) is 4.79 Å². The second kappa shape index (κ2) is 8.54. The van der Waals surface area contributed by atoms with Gasteiger partial charge in [-0.15, -0.1) is 0 Å². The van der Waals surface area contributed by atoms with Gasteiger partial charge in [0.05, 0.1) is 18.2 Å². The number of ether oxygens (including phenoxy) is 2. The number of benzene rings is 1. The number of aromatic nitrogens is 1. The van der Waals surface area contributed by atoms with Crippen molar-refractivity contribution in [2.24, 2.45) is 0 Å². The van der Waals surface area contributed by atoms with Crippen molar-refractivity contribution in [1.29, 1.82) is 5.26 Å². The van der Waals surface area contributed by atoms with Crippen molar-refractivity contribution in [2.45, 2.75) is 45.4 Å².